The average Bonchev–Trinajstić information content (AvgIpc) is 2.06. The lowest BCUT2D eigenvalue weighted by Gasteiger charge is -2.04. The Labute approximate surface area is 76.5 Å². The summed E-state index contributed by atoms with van der Waals surface area (Å²) in [6, 6.07) is 0. The van der Waals surface area contributed by atoms with E-state index in [4.69, 9.17) is 11.6 Å². The number of ether oxygens (including phenoxy) is 1. The maximum Gasteiger partial charge on any atom is 0.272 e. The largest absolute Gasteiger partial charge is 0.469 e. The van der Waals surface area contributed by atoms with Gasteiger partial charge in [0.1, 0.15) is 0 Å². The van der Waals surface area contributed by atoms with Crippen molar-refractivity contribution in [3.8, 4) is 5.88 Å². The molecule has 3 nitrogen and oxygen atoms in total. The van der Waals surface area contributed by atoms with Gasteiger partial charge in [-0.25, -0.2) is 13.8 Å². The molecule has 0 atom stereocenters. The van der Waals surface area contributed by atoms with Crippen LogP contribution < -0.4 is 4.74 Å². The molecule has 0 aliphatic carbocycles. The van der Waals surface area contributed by atoms with E-state index in [2.05, 4.69) is 14.7 Å². The SMILES string of the molecule is Fc1cnc(Cl)nc1OCC(F)F. The highest BCUT2D eigenvalue weighted by atomic mass is 35.5. The summed E-state index contributed by atoms with van der Waals surface area (Å²) in [6.07, 6.45) is -1.94. The third-order valence-electron chi connectivity index (χ3n) is 1.03. The van der Waals surface area contributed by atoms with Crippen molar-refractivity contribution in [1.29, 1.82) is 0 Å². The van der Waals surface area contributed by atoms with Crippen LogP contribution in [0.25, 0.3) is 0 Å². The molecule has 0 spiro atoms. The zero-order valence-corrected chi connectivity index (χ0v) is 6.93. The number of rotatable bonds is 3. The minimum absolute atomic E-state index is 0.259. The number of hydrogen-bond acceptors (Lipinski definition) is 3. The highest BCUT2D eigenvalue weighted by Gasteiger charge is 2.10. The highest BCUT2D eigenvalue weighted by molar-refractivity contribution is 6.28. The van der Waals surface area contributed by atoms with Gasteiger partial charge in [0.2, 0.25) is 11.1 Å². The summed E-state index contributed by atoms with van der Waals surface area (Å²) < 4.78 is 40.2. The van der Waals surface area contributed by atoms with Gasteiger partial charge in [-0.05, 0) is 11.6 Å². The molecule has 0 aromatic carbocycles. The van der Waals surface area contributed by atoms with Crippen molar-refractivity contribution in [2.24, 2.45) is 0 Å². The maximum absolute atomic E-state index is 12.7. The Morgan fingerprint density at radius 2 is 2.23 bits per heavy atom. The molecule has 1 aromatic rings. The second kappa shape index (κ2) is 4.27. The van der Waals surface area contributed by atoms with Gasteiger partial charge in [-0.2, -0.15) is 9.37 Å². The first-order chi connectivity index (χ1) is 6.09. The first-order valence-electron chi connectivity index (χ1n) is 3.18. The van der Waals surface area contributed by atoms with Gasteiger partial charge < -0.3 is 4.74 Å². The van der Waals surface area contributed by atoms with Gasteiger partial charge in [0.05, 0.1) is 6.20 Å². The Morgan fingerprint density at radius 1 is 1.54 bits per heavy atom. The second-order valence-electron chi connectivity index (χ2n) is 1.99. The van der Waals surface area contributed by atoms with Gasteiger partial charge in [0, 0.05) is 0 Å². The molecule has 0 radical (unpaired) electrons. The lowest BCUT2D eigenvalue weighted by atomic mass is 10.6. The van der Waals surface area contributed by atoms with Crippen molar-refractivity contribution >= 4 is 11.6 Å². The first-order valence-corrected chi connectivity index (χ1v) is 3.56. The Balaban J connectivity index is 2.70. The number of nitrogens with zero attached hydrogens (tertiary/aromatic N) is 2. The quantitative estimate of drug-likeness (QED) is 0.718. The molecule has 0 fully saturated rings. The fraction of sp³-hybridized carbons (Fsp3) is 0.333. The van der Waals surface area contributed by atoms with E-state index < -0.39 is 24.7 Å². The molecule has 0 unspecified atom stereocenters. The van der Waals surface area contributed by atoms with E-state index in [1.807, 2.05) is 0 Å². The molecule has 1 aromatic heterocycles. The topological polar surface area (TPSA) is 35.0 Å². The Bertz CT molecular complexity index is 297. The number of halogens is 4. The van der Waals surface area contributed by atoms with E-state index in [0.29, 0.717) is 0 Å². The van der Waals surface area contributed by atoms with E-state index in [9.17, 15) is 13.2 Å². The normalized spacial score (nSPS) is 10.5. The van der Waals surface area contributed by atoms with E-state index in [-0.39, 0.29) is 5.28 Å². The van der Waals surface area contributed by atoms with Crippen molar-refractivity contribution in [2.75, 3.05) is 6.61 Å². The monoisotopic (exact) mass is 212 g/mol. The maximum atomic E-state index is 12.7. The smallest absolute Gasteiger partial charge is 0.272 e. The fourth-order valence-electron chi connectivity index (χ4n) is 0.574. The summed E-state index contributed by atoms with van der Waals surface area (Å²) in [7, 11) is 0. The molecule has 0 amide bonds. The predicted molar refractivity (Wildman–Crippen MR) is 38.5 cm³/mol. The number of alkyl halides is 2. The number of aromatic nitrogens is 2. The molecular formula is C6H4ClF3N2O. The van der Waals surface area contributed by atoms with Crippen molar-refractivity contribution in [1.82, 2.24) is 9.97 Å². The first kappa shape index (κ1) is 10.0. The summed E-state index contributed by atoms with van der Waals surface area (Å²) in [4.78, 5) is 6.55. The van der Waals surface area contributed by atoms with Gasteiger partial charge in [0.15, 0.2) is 6.61 Å². The molecule has 0 aliphatic heterocycles. The van der Waals surface area contributed by atoms with Crippen LogP contribution in [-0.4, -0.2) is 23.0 Å². The summed E-state index contributed by atoms with van der Waals surface area (Å²) in [5, 5.41) is -0.259. The van der Waals surface area contributed by atoms with Crippen molar-refractivity contribution in [3.63, 3.8) is 0 Å². The van der Waals surface area contributed by atoms with Crippen molar-refractivity contribution < 1.29 is 17.9 Å². The van der Waals surface area contributed by atoms with Gasteiger partial charge in [-0.1, -0.05) is 0 Å². The van der Waals surface area contributed by atoms with E-state index in [1.54, 1.807) is 0 Å². The van der Waals surface area contributed by atoms with Crippen LogP contribution in [0, 0.1) is 5.82 Å². The number of hydrogen-bond donors (Lipinski definition) is 0. The third kappa shape index (κ3) is 3.06. The molecule has 72 valence electrons. The van der Waals surface area contributed by atoms with Gasteiger partial charge in [-0.3, -0.25) is 0 Å². The van der Waals surface area contributed by atoms with Crippen LogP contribution in [0.4, 0.5) is 13.2 Å². The minimum Gasteiger partial charge on any atom is -0.469 e. The molecule has 0 N–H and O–H groups in total. The van der Waals surface area contributed by atoms with Crippen LogP contribution in [0.3, 0.4) is 0 Å². The third-order valence-corrected chi connectivity index (χ3v) is 1.21. The lowest BCUT2D eigenvalue weighted by molar-refractivity contribution is 0.0772. The molecule has 1 rings (SSSR count). The van der Waals surface area contributed by atoms with E-state index in [1.165, 1.54) is 0 Å². The van der Waals surface area contributed by atoms with Crippen LogP contribution in [0.15, 0.2) is 6.20 Å². The standard InChI is InChI=1S/C6H4ClF3N2O/c7-6-11-1-3(8)5(12-6)13-2-4(9)10/h1,4H,2H2. The van der Waals surface area contributed by atoms with E-state index >= 15 is 0 Å². The summed E-state index contributed by atoms with van der Waals surface area (Å²) >= 11 is 5.28. The van der Waals surface area contributed by atoms with Gasteiger partial charge in [0.25, 0.3) is 12.3 Å². The van der Waals surface area contributed by atoms with Gasteiger partial charge >= 0.3 is 0 Å². The minimum atomic E-state index is -2.69. The molecule has 0 bridgehead atoms. The van der Waals surface area contributed by atoms with Crippen molar-refractivity contribution in [3.05, 3.63) is 17.3 Å². The van der Waals surface area contributed by atoms with Crippen molar-refractivity contribution in [2.45, 2.75) is 6.43 Å². The van der Waals surface area contributed by atoms with Gasteiger partial charge in [-0.15, -0.1) is 0 Å². The summed E-state index contributed by atoms with van der Waals surface area (Å²) in [5.74, 6) is -1.50. The van der Waals surface area contributed by atoms with Crippen LogP contribution in [0.5, 0.6) is 5.88 Å². The summed E-state index contributed by atoms with van der Waals surface area (Å²) in [6.45, 7) is -0.926. The molecule has 7 heteroatoms. The molecule has 13 heavy (non-hydrogen) atoms. The summed E-state index contributed by atoms with van der Waals surface area (Å²) in [5.41, 5.74) is 0. The fourth-order valence-corrected chi connectivity index (χ4v) is 0.700. The Hall–Kier alpha value is -1.04. The molecular weight excluding hydrogens is 209 g/mol. The van der Waals surface area contributed by atoms with Crippen LogP contribution >= 0.6 is 11.6 Å². The molecule has 0 aliphatic rings. The predicted octanol–water partition coefficient (Wildman–Crippen LogP) is 1.91. The zero-order valence-electron chi connectivity index (χ0n) is 6.18. The zero-order chi connectivity index (χ0) is 9.84. The highest BCUT2D eigenvalue weighted by Crippen LogP contribution is 2.14. The lowest BCUT2D eigenvalue weighted by Crippen LogP contribution is -2.09. The molecule has 1 heterocycles. The van der Waals surface area contributed by atoms with E-state index in [0.717, 1.165) is 6.20 Å². The van der Waals surface area contributed by atoms with Crippen LogP contribution in [0.2, 0.25) is 5.28 Å². The second-order valence-corrected chi connectivity index (χ2v) is 2.33. The average molecular weight is 213 g/mol. The van der Waals surface area contributed by atoms with Crippen LogP contribution in [-0.2, 0) is 0 Å². The Kier molecular flexibility index (Phi) is 3.30. The Morgan fingerprint density at radius 3 is 2.85 bits per heavy atom. The molecule has 0 saturated carbocycles. The van der Waals surface area contributed by atoms with Crippen LogP contribution in [0.1, 0.15) is 0 Å². The molecule has 0 saturated heterocycles.